The van der Waals surface area contributed by atoms with E-state index >= 15 is 0 Å². The van der Waals surface area contributed by atoms with Gasteiger partial charge in [-0.15, -0.1) is 0 Å². The van der Waals surface area contributed by atoms with E-state index in [-0.39, 0.29) is 24.0 Å². The third-order valence-corrected chi connectivity index (χ3v) is 4.54. The van der Waals surface area contributed by atoms with Gasteiger partial charge < -0.3 is 10.1 Å². The highest BCUT2D eigenvalue weighted by Gasteiger charge is 2.29. The van der Waals surface area contributed by atoms with Gasteiger partial charge in [0.1, 0.15) is 6.10 Å². The number of hydrogen-bond acceptors (Lipinski definition) is 3. The summed E-state index contributed by atoms with van der Waals surface area (Å²) in [6, 6.07) is 9.77. The van der Waals surface area contributed by atoms with E-state index < -0.39 is 0 Å². The molecule has 0 spiro atoms. The molecule has 0 aliphatic heterocycles. The molecule has 0 saturated heterocycles. The molecule has 1 aromatic carbocycles. The van der Waals surface area contributed by atoms with Gasteiger partial charge in [0.2, 0.25) is 5.91 Å². The fraction of sp³-hybridized carbons (Fsp3) is 0.579. The van der Waals surface area contributed by atoms with Crippen LogP contribution in [0.25, 0.3) is 0 Å². The van der Waals surface area contributed by atoms with E-state index in [1.165, 1.54) is 33.1 Å². The molecule has 1 aliphatic rings. The second kappa shape index (κ2) is 8.70. The van der Waals surface area contributed by atoms with E-state index in [0.717, 1.165) is 18.4 Å². The summed E-state index contributed by atoms with van der Waals surface area (Å²) in [6.45, 7) is 2.99. The number of amides is 1. The van der Waals surface area contributed by atoms with Gasteiger partial charge in [-0.2, -0.15) is 0 Å². The molecule has 0 bridgehead atoms. The van der Waals surface area contributed by atoms with Crippen molar-refractivity contribution in [3.63, 3.8) is 0 Å². The van der Waals surface area contributed by atoms with Crippen molar-refractivity contribution in [2.75, 3.05) is 0 Å². The zero-order valence-corrected chi connectivity index (χ0v) is 14.1. The number of rotatable bonds is 6. The van der Waals surface area contributed by atoms with Crippen LogP contribution in [-0.2, 0) is 14.3 Å². The summed E-state index contributed by atoms with van der Waals surface area (Å²) in [4.78, 5) is 23.1. The van der Waals surface area contributed by atoms with E-state index in [1.807, 2.05) is 30.3 Å². The average molecular weight is 317 g/mol. The molecule has 4 nitrogen and oxygen atoms in total. The maximum Gasteiger partial charge on any atom is 0.302 e. The van der Waals surface area contributed by atoms with Gasteiger partial charge in [0.25, 0.3) is 0 Å². The van der Waals surface area contributed by atoms with Gasteiger partial charge in [-0.05, 0) is 24.3 Å². The Morgan fingerprint density at radius 1 is 1.13 bits per heavy atom. The van der Waals surface area contributed by atoms with Crippen LogP contribution in [0.2, 0.25) is 0 Å². The van der Waals surface area contributed by atoms with Crippen molar-refractivity contribution in [2.45, 2.75) is 64.5 Å². The molecule has 0 heterocycles. The molecule has 2 atom stereocenters. The van der Waals surface area contributed by atoms with E-state index in [0.29, 0.717) is 12.3 Å². The van der Waals surface area contributed by atoms with E-state index in [2.05, 4.69) is 5.32 Å². The van der Waals surface area contributed by atoms with Crippen molar-refractivity contribution >= 4 is 11.9 Å². The summed E-state index contributed by atoms with van der Waals surface area (Å²) in [5.74, 6) is 0.0897. The lowest BCUT2D eigenvalue weighted by Crippen LogP contribution is -2.35. The number of carbonyl (C=O) groups is 2. The Labute approximate surface area is 138 Å². The molecule has 4 heteroatoms. The van der Waals surface area contributed by atoms with Crippen molar-refractivity contribution in [3.8, 4) is 0 Å². The third kappa shape index (κ3) is 5.70. The second-order valence-corrected chi connectivity index (χ2v) is 6.45. The van der Waals surface area contributed by atoms with Crippen LogP contribution in [0.3, 0.4) is 0 Å². The van der Waals surface area contributed by atoms with E-state index in [9.17, 15) is 9.59 Å². The van der Waals surface area contributed by atoms with Crippen LogP contribution < -0.4 is 5.32 Å². The van der Waals surface area contributed by atoms with Crippen LogP contribution in [0.5, 0.6) is 0 Å². The highest BCUT2D eigenvalue weighted by Crippen LogP contribution is 2.32. The summed E-state index contributed by atoms with van der Waals surface area (Å²) in [6.07, 6.45) is 6.34. The van der Waals surface area contributed by atoms with Gasteiger partial charge in [0.05, 0.1) is 6.04 Å². The quantitative estimate of drug-likeness (QED) is 0.813. The second-order valence-electron chi connectivity index (χ2n) is 6.45. The smallest absolute Gasteiger partial charge is 0.302 e. The van der Waals surface area contributed by atoms with Crippen molar-refractivity contribution in [2.24, 2.45) is 5.92 Å². The zero-order valence-electron chi connectivity index (χ0n) is 14.1. The average Bonchev–Trinajstić information content (AvgIpc) is 2.54. The molecule has 1 N–H and O–H groups in total. The molecule has 0 aromatic heterocycles. The number of hydrogen-bond donors (Lipinski definition) is 1. The molecule has 1 aromatic rings. The van der Waals surface area contributed by atoms with Crippen LogP contribution in [-0.4, -0.2) is 18.0 Å². The summed E-state index contributed by atoms with van der Waals surface area (Å²) >= 11 is 0. The highest BCUT2D eigenvalue weighted by atomic mass is 16.5. The fourth-order valence-corrected chi connectivity index (χ4v) is 3.50. The normalized spacial score (nSPS) is 18.0. The number of nitrogens with one attached hydrogen (secondary N) is 1. The number of esters is 1. The Hall–Kier alpha value is -1.84. The maximum atomic E-state index is 11.6. The molecule has 23 heavy (non-hydrogen) atoms. The summed E-state index contributed by atoms with van der Waals surface area (Å²) in [5.41, 5.74) is 1.05. The largest absolute Gasteiger partial charge is 0.462 e. The zero-order chi connectivity index (χ0) is 16.7. The number of ether oxygens (including phenoxy) is 1. The number of benzene rings is 1. The molecule has 1 aliphatic carbocycles. The monoisotopic (exact) mass is 317 g/mol. The topological polar surface area (TPSA) is 55.4 Å². The van der Waals surface area contributed by atoms with Gasteiger partial charge in [0.15, 0.2) is 0 Å². The molecular weight excluding hydrogens is 290 g/mol. The first-order chi connectivity index (χ1) is 11.1. The van der Waals surface area contributed by atoms with Crippen molar-refractivity contribution < 1.29 is 14.3 Å². The maximum absolute atomic E-state index is 11.6. The van der Waals surface area contributed by atoms with Gasteiger partial charge in [-0.3, -0.25) is 9.59 Å². The molecule has 1 saturated carbocycles. The molecule has 0 radical (unpaired) electrons. The van der Waals surface area contributed by atoms with Crippen LogP contribution in [0.15, 0.2) is 30.3 Å². The fourth-order valence-electron chi connectivity index (χ4n) is 3.50. The first-order valence-corrected chi connectivity index (χ1v) is 8.55. The molecule has 1 fully saturated rings. The molecule has 2 unspecified atom stereocenters. The van der Waals surface area contributed by atoms with Crippen molar-refractivity contribution in [1.82, 2.24) is 5.32 Å². The standard InChI is InChI=1S/C19H27NO3/c1-14(21)20-18(16-9-5-3-6-10-16)13-19(23-15(2)22)17-11-7-4-8-12-17/h3,5-6,9-10,17-19H,4,7-8,11-13H2,1-2H3,(H,20,21). The third-order valence-electron chi connectivity index (χ3n) is 4.54. The molecule has 1 amide bonds. The van der Waals surface area contributed by atoms with E-state index in [1.54, 1.807) is 0 Å². The summed E-state index contributed by atoms with van der Waals surface area (Å²) in [5, 5.41) is 3.01. The minimum absolute atomic E-state index is 0.0657. The van der Waals surface area contributed by atoms with Gasteiger partial charge >= 0.3 is 5.97 Å². The van der Waals surface area contributed by atoms with Crippen LogP contribution in [0.4, 0.5) is 0 Å². The van der Waals surface area contributed by atoms with Crippen LogP contribution >= 0.6 is 0 Å². The first kappa shape index (κ1) is 17.5. The lowest BCUT2D eigenvalue weighted by Gasteiger charge is -2.32. The van der Waals surface area contributed by atoms with Gasteiger partial charge in [-0.25, -0.2) is 0 Å². The molecule has 126 valence electrons. The minimum atomic E-state index is -0.241. The van der Waals surface area contributed by atoms with Gasteiger partial charge in [-0.1, -0.05) is 49.6 Å². The molecule has 2 rings (SSSR count). The SMILES string of the molecule is CC(=O)NC(CC(OC(C)=O)C1CCCCC1)c1ccccc1. The highest BCUT2D eigenvalue weighted by molar-refractivity contribution is 5.73. The van der Waals surface area contributed by atoms with Crippen molar-refractivity contribution in [3.05, 3.63) is 35.9 Å². The minimum Gasteiger partial charge on any atom is -0.462 e. The lowest BCUT2D eigenvalue weighted by molar-refractivity contribution is -0.150. The Morgan fingerprint density at radius 2 is 1.78 bits per heavy atom. The molecular formula is C19H27NO3. The Balaban J connectivity index is 2.14. The number of carbonyl (C=O) groups excluding carboxylic acids is 2. The van der Waals surface area contributed by atoms with Crippen LogP contribution in [0.1, 0.15) is 64.0 Å². The lowest BCUT2D eigenvalue weighted by atomic mass is 9.82. The predicted molar refractivity (Wildman–Crippen MR) is 89.7 cm³/mol. The first-order valence-electron chi connectivity index (χ1n) is 8.55. The van der Waals surface area contributed by atoms with E-state index in [4.69, 9.17) is 4.74 Å². The summed E-state index contributed by atoms with van der Waals surface area (Å²) in [7, 11) is 0. The van der Waals surface area contributed by atoms with Crippen molar-refractivity contribution in [1.29, 1.82) is 0 Å². The van der Waals surface area contributed by atoms with Gasteiger partial charge in [0, 0.05) is 20.3 Å². The Bertz CT molecular complexity index is 509. The predicted octanol–water partition coefficient (Wildman–Crippen LogP) is 3.77. The Morgan fingerprint density at radius 3 is 2.35 bits per heavy atom. The Kier molecular flexibility index (Phi) is 6.63. The summed E-state index contributed by atoms with van der Waals surface area (Å²) < 4.78 is 5.63. The van der Waals surface area contributed by atoms with Crippen LogP contribution in [0, 0.1) is 5.92 Å².